The molecule has 0 unspecified atom stereocenters. The minimum absolute atomic E-state index is 0.255. The lowest BCUT2D eigenvalue weighted by Crippen LogP contribution is -2.39. The van der Waals surface area contributed by atoms with Gasteiger partial charge in [0, 0.05) is 31.1 Å². The van der Waals surface area contributed by atoms with Crippen LogP contribution >= 0.6 is 0 Å². The van der Waals surface area contributed by atoms with Crippen molar-refractivity contribution in [3.63, 3.8) is 0 Å². The monoisotopic (exact) mass is 324 g/mol. The highest BCUT2D eigenvalue weighted by atomic mass is 16.5. The van der Waals surface area contributed by atoms with Crippen LogP contribution in [0.5, 0.6) is 0 Å². The highest BCUT2D eigenvalue weighted by Gasteiger charge is 2.21. The second-order valence-electron chi connectivity index (χ2n) is 5.83. The normalized spacial score (nSPS) is 13.8. The van der Waals surface area contributed by atoms with Gasteiger partial charge in [-0.2, -0.15) is 0 Å². The zero-order chi connectivity index (χ0) is 16.5. The standard InChI is InChI=1S/C17H16N4O3/c22-16-8-15(20-7-6-14-13(10-20)11-24-19-14)18-17(23)21(16)9-12-4-2-1-3-5-12/h1-5,8,11H,6-7,9-10H2,(H,18,23). The minimum atomic E-state index is -0.405. The van der Waals surface area contributed by atoms with E-state index in [1.165, 1.54) is 10.6 Å². The Bertz CT molecular complexity index is 940. The number of H-pyrrole nitrogens is 1. The molecule has 7 nitrogen and oxygen atoms in total. The van der Waals surface area contributed by atoms with Gasteiger partial charge >= 0.3 is 5.69 Å². The van der Waals surface area contributed by atoms with Crippen molar-refractivity contribution in [3.05, 3.63) is 80.3 Å². The summed E-state index contributed by atoms with van der Waals surface area (Å²) in [7, 11) is 0. The Kier molecular flexibility index (Phi) is 3.53. The van der Waals surface area contributed by atoms with E-state index >= 15 is 0 Å². The summed E-state index contributed by atoms with van der Waals surface area (Å²) >= 11 is 0. The number of benzene rings is 1. The van der Waals surface area contributed by atoms with Gasteiger partial charge < -0.3 is 9.42 Å². The van der Waals surface area contributed by atoms with E-state index in [4.69, 9.17) is 4.52 Å². The first kappa shape index (κ1) is 14.5. The van der Waals surface area contributed by atoms with Crippen LogP contribution in [-0.4, -0.2) is 21.3 Å². The van der Waals surface area contributed by atoms with Crippen molar-refractivity contribution >= 4 is 5.82 Å². The number of nitrogens with one attached hydrogen (secondary N) is 1. The van der Waals surface area contributed by atoms with E-state index in [0.717, 1.165) is 23.2 Å². The average molecular weight is 324 g/mol. The smallest absolute Gasteiger partial charge is 0.330 e. The molecule has 0 atom stereocenters. The van der Waals surface area contributed by atoms with Crippen molar-refractivity contribution in [1.29, 1.82) is 0 Å². The molecule has 7 heteroatoms. The summed E-state index contributed by atoms with van der Waals surface area (Å²) in [6, 6.07) is 10.9. The van der Waals surface area contributed by atoms with Gasteiger partial charge in [-0.3, -0.25) is 14.3 Å². The second kappa shape index (κ2) is 5.84. The summed E-state index contributed by atoms with van der Waals surface area (Å²) in [4.78, 5) is 29.5. The third kappa shape index (κ3) is 2.64. The third-order valence-corrected chi connectivity index (χ3v) is 4.24. The minimum Gasteiger partial charge on any atom is -0.364 e. The van der Waals surface area contributed by atoms with Gasteiger partial charge in [0.25, 0.3) is 5.56 Å². The van der Waals surface area contributed by atoms with E-state index in [-0.39, 0.29) is 12.1 Å². The highest BCUT2D eigenvalue weighted by molar-refractivity contribution is 5.41. The predicted octanol–water partition coefficient (Wildman–Crippen LogP) is 1.14. The zero-order valence-electron chi connectivity index (χ0n) is 12.9. The van der Waals surface area contributed by atoms with E-state index in [2.05, 4.69) is 10.1 Å². The summed E-state index contributed by atoms with van der Waals surface area (Å²) in [5, 5.41) is 3.94. The Labute approximate surface area is 137 Å². The molecule has 122 valence electrons. The van der Waals surface area contributed by atoms with Gasteiger partial charge in [0.1, 0.15) is 12.1 Å². The number of aromatic amines is 1. The number of anilines is 1. The number of nitrogens with zero attached hydrogens (tertiary/aromatic N) is 3. The molecule has 0 spiro atoms. The molecular weight excluding hydrogens is 308 g/mol. The summed E-state index contributed by atoms with van der Waals surface area (Å²) < 4.78 is 6.17. The molecule has 0 saturated carbocycles. The van der Waals surface area contributed by atoms with Crippen molar-refractivity contribution in [2.24, 2.45) is 0 Å². The quantitative estimate of drug-likeness (QED) is 0.781. The van der Waals surface area contributed by atoms with Gasteiger partial charge in [0.15, 0.2) is 0 Å². The molecule has 2 aromatic heterocycles. The molecule has 1 aliphatic heterocycles. The van der Waals surface area contributed by atoms with Crippen LogP contribution in [0, 0.1) is 0 Å². The van der Waals surface area contributed by atoms with Crippen LogP contribution < -0.4 is 16.1 Å². The van der Waals surface area contributed by atoms with Crippen LogP contribution in [0.2, 0.25) is 0 Å². The molecule has 0 amide bonds. The lowest BCUT2D eigenvalue weighted by molar-refractivity contribution is 0.412. The molecule has 0 saturated heterocycles. The topological polar surface area (TPSA) is 84.1 Å². The van der Waals surface area contributed by atoms with Crippen LogP contribution in [0.25, 0.3) is 0 Å². The molecule has 0 aliphatic carbocycles. The molecule has 1 N–H and O–H groups in total. The second-order valence-corrected chi connectivity index (χ2v) is 5.83. The predicted molar refractivity (Wildman–Crippen MR) is 88.1 cm³/mol. The van der Waals surface area contributed by atoms with Crippen molar-refractivity contribution in [3.8, 4) is 0 Å². The van der Waals surface area contributed by atoms with Crippen LogP contribution in [0.15, 0.2) is 56.8 Å². The van der Waals surface area contributed by atoms with Crippen LogP contribution in [-0.2, 0) is 19.5 Å². The maximum Gasteiger partial charge on any atom is 0.330 e. The molecule has 1 aliphatic rings. The SMILES string of the molecule is O=c1cc(N2CCc3nocc3C2)[nH]c(=O)n1Cc1ccccc1. The molecule has 3 aromatic rings. The largest absolute Gasteiger partial charge is 0.364 e. The number of hydrogen-bond acceptors (Lipinski definition) is 5. The molecule has 0 radical (unpaired) electrons. The molecule has 24 heavy (non-hydrogen) atoms. The zero-order valence-corrected chi connectivity index (χ0v) is 12.9. The maximum absolute atomic E-state index is 12.4. The highest BCUT2D eigenvalue weighted by Crippen LogP contribution is 2.20. The Hall–Kier alpha value is -3.09. The Balaban J connectivity index is 1.63. The maximum atomic E-state index is 12.4. The van der Waals surface area contributed by atoms with Gasteiger partial charge in [0.05, 0.1) is 12.2 Å². The summed E-state index contributed by atoms with van der Waals surface area (Å²) in [6.07, 6.45) is 2.33. The lowest BCUT2D eigenvalue weighted by Gasteiger charge is -2.27. The van der Waals surface area contributed by atoms with E-state index in [0.29, 0.717) is 18.9 Å². The first-order valence-electron chi connectivity index (χ1n) is 7.76. The lowest BCUT2D eigenvalue weighted by atomic mass is 10.1. The van der Waals surface area contributed by atoms with E-state index in [1.807, 2.05) is 35.2 Å². The number of aromatic nitrogens is 3. The van der Waals surface area contributed by atoms with Crippen molar-refractivity contribution in [2.75, 3.05) is 11.4 Å². The van der Waals surface area contributed by atoms with Crippen LogP contribution in [0.4, 0.5) is 5.82 Å². The Morgan fingerprint density at radius 1 is 1.21 bits per heavy atom. The number of fused-ring (bicyclic) bond motifs is 1. The third-order valence-electron chi connectivity index (χ3n) is 4.24. The summed E-state index contributed by atoms with van der Waals surface area (Å²) in [6.45, 7) is 1.50. The van der Waals surface area contributed by atoms with Gasteiger partial charge in [0.2, 0.25) is 0 Å². The fourth-order valence-corrected chi connectivity index (χ4v) is 2.94. The summed E-state index contributed by atoms with van der Waals surface area (Å²) in [5.41, 5.74) is 2.11. The Morgan fingerprint density at radius 2 is 2.04 bits per heavy atom. The van der Waals surface area contributed by atoms with Crippen LogP contribution in [0.3, 0.4) is 0 Å². The van der Waals surface area contributed by atoms with Crippen LogP contribution in [0.1, 0.15) is 16.8 Å². The first-order valence-corrected chi connectivity index (χ1v) is 7.76. The molecule has 1 aromatic carbocycles. The van der Waals surface area contributed by atoms with Gasteiger partial charge in [-0.15, -0.1) is 0 Å². The van der Waals surface area contributed by atoms with Gasteiger partial charge in [-0.05, 0) is 5.56 Å². The van der Waals surface area contributed by atoms with Crippen molar-refractivity contribution in [2.45, 2.75) is 19.5 Å². The molecule has 3 heterocycles. The molecule has 0 fully saturated rings. The molecule has 4 rings (SSSR count). The first-order chi connectivity index (χ1) is 11.7. The fourth-order valence-electron chi connectivity index (χ4n) is 2.94. The molecular formula is C17H16N4O3. The van der Waals surface area contributed by atoms with E-state index in [1.54, 1.807) is 6.26 Å². The van der Waals surface area contributed by atoms with Crippen molar-refractivity contribution in [1.82, 2.24) is 14.7 Å². The fraction of sp³-hybridized carbons (Fsp3) is 0.235. The van der Waals surface area contributed by atoms with Crippen molar-refractivity contribution < 1.29 is 4.52 Å². The number of hydrogen-bond donors (Lipinski definition) is 1. The summed E-state index contributed by atoms with van der Waals surface area (Å²) in [5.74, 6) is 0.529. The van der Waals surface area contributed by atoms with Gasteiger partial charge in [-0.25, -0.2) is 4.79 Å². The molecule has 0 bridgehead atoms. The van der Waals surface area contributed by atoms with E-state index in [9.17, 15) is 9.59 Å². The van der Waals surface area contributed by atoms with E-state index < -0.39 is 5.69 Å². The average Bonchev–Trinajstić information content (AvgIpc) is 3.06. The van der Waals surface area contributed by atoms with Gasteiger partial charge in [-0.1, -0.05) is 35.5 Å². The Morgan fingerprint density at radius 3 is 2.83 bits per heavy atom. The number of rotatable bonds is 3.